The van der Waals surface area contributed by atoms with Gasteiger partial charge in [0.15, 0.2) is 17.3 Å². The van der Waals surface area contributed by atoms with Gasteiger partial charge in [0.1, 0.15) is 11.2 Å². The fourth-order valence-electron chi connectivity index (χ4n) is 5.72. The van der Waals surface area contributed by atoms with E-state index < -0.39 is 5.97 Å². The quantitative estimate of drug-likeness (QED) is 0.336. The highest BCUT2D eigenvalue weighted by Gasteiger charge is 2.29. The molecule has 0 aromatic carbocycles. The predicted molar refractivity (Wildman–Crippen MR) is 146 cm³/mol. The van der Waals surface area contributed by atoms with Gasteiger partial charge in [-0.15, -0.1) is 0 Å². The van der Waals surface area contributed by atoms with E-state index in [4.69, 9.17) is 9.72 Å². The minimum Gasteiger partial charge on any atom is -0.463 e. The van der Waals surface area contributed by atoms with Crippen LogP contribution >= 0.6 is 0 Å². The number of pyridine rings is 1. The van der Waals surface area contributed by atoms with Gasteiger partial charge in [-0.25, -0.2) is 19.7 Å². The molecular formula is C29H39FN6O2. The maximum Gasteiger partial charge on any atom is 0.376 e. The minimum atomic E-state index is -0.591. The van der Waals surface area contributed by atoms with Gasteiger partial charge in [0, 0.05) is 18.8 Å². The molecule has 5 rings (SSSR count). The Kier molecular flexibility index (Phi) is 7.91. The van der Waals surface area contributed by atoms with Crippen molar-refractivity contribution in [3.8, 4) is 11.5 Å². The van der Waals surface area contributed by atoms with Crippen molar-refractivity contribution in [3.63, 3.8) is 0 Å². The first-order valence-electron chi connectivity index (χ1n) is 14.0. The highest BCUT2D eigenvalue weighted by molar-refractivity contribution is 5.92. The van der Waals surface area contributed by atoms with Crippen molar-refractivity contribution in [1.82, 2.24) is 24.5 Å². The maximum atomic E-state index is 13.3. The summed E-state index contributed by atoms with van der Waals surface area (Å²) in [6.45, 7) is 6.96. The lowest BCUT2D eigenvalue weighted by molar-refractivity contribution is 0.0587. The van der Waals surface area contributed by atoms with Crippen molar-refractivity contribution in [2.75, 3.05) is 19.1 Å². The monoisotopic (exact) mass is 522 g/mol. The first-order chi connectivity index (χ1) is 18.4. The molecule has 0 aliphatic heterocycles. The van der Waals surface area contributed by atoms with Crippen molar-refractivity contribution in [2.45, 2.75) is 84.2 Å². The third kappa shape index (κ3) is 5.38. The van der Waals surface area contributed by atoms with E-state index in [2.05, 4.69) is 51.7 Å². The number of ether oxygens (including phenoxy) is 1. The molecule has 2 aliphatic rings. The largest absolute Gasteiger partial charge is 0.463 e. The zero-order valence-corrected chi connectivity index (χ0v) is 22.9. The number of methoxy groups -OCH3 is 1. The Morgan fingerprint density at radius 2 is 1.84 bits per heavy atom. The number of fused-ring (bicyclic) bond motifs is 1. The number of carbonyl (C=O) groups is 1. The van der Waals surface area contributed by atoms with E-state index in [-0.39, 0.29) is 24.5 Å². The number of carbonyl (C=O) groups excluding carboxylic acids is 1. The lowest BCUT2D eigenvalue weighted by Gasteiger charge is -2.32. The van der Waals surface area contributed by atoms with E-state index in [0.29, 0.717) is 41.6 Å². The number of nitrogens with zero attached hydrogens (tertiary/aromatic N) is 5. The Morgan fingerprint density at radius 1 is 1.11 bits per heavy atom. The van der Waals surface area contributed by atoms with Crippen LogP contribution in [0.5, 0.6) is 0 Å². The molecule has 3 aromatic rings. The summed E-state index contributed by atoms with van der Waals surface area (Å²) in [5.74, 6) is 2.19. The molecule has 8 nitrogen and oxygen atoms in total. The van der Waals surface area contributed by atoms with Crippen molar-refractivity contribution in [3.05, 3.63) is 29.7 Å². The summed E-state index contributed by atoms with van der Waals surface area (Å²) in [7, 11) is 1.33. The molecule has 3 heterocycles. The van der Waals surface area contributed by atoms with Gasteiger partial charge >= 0.3 is 5.97 Å². The van der Waals surface area contributed by atoms with Crippen LogP contribution in [0.25, 0.3) is 22.7 Å². The number of anilines is 1. The first kappa shape index (κ1) is 26.5. The Hall–Kier alpha value is -3.10. The molecule has 2 aliphatic carbocycles. The summed E-state index contributed by atoms with van der Waals surface area (Å²) in [6.07, 6.45) is 9.16. The van der Waals surface area contributed by atoms with Gasteiger partial charge in [-0.2, -0.15) is 0 Å². The molecule has 1 N–H and O–H groups in total. The molecule has 204 valence electrons. The summed E-state index contributed by atoms with van der Waals surface area (Å²) >= 11 is 0. The van der Waals surface area contributed by atoms with E-state index in [1.54, 1.807) is 0 Å². The Balaban J connectivity index is 1.64. The van der Waals surface area contributed by atoms with Crippen LogP contribution in [-0.4, -0.2) is 50.3 Å². The van der Waals surface area contributed by atoms with Gasteiger partial charge in [0.25, 0.3) is 0 Å². The van der Waals surface area contributed by atoms with E-state index in [9.17, 15) is 9.18 Å². The van der Waals surface area contributed by atoms with Gasteiger partial charge in [0.2, 0.25) is 5.82 Å². The fraction of sp³-hybridized carbons (Fsp3) is 0.621. The highest BCUT2D eigenvalue weighted by atomic mass is 19.1. The molecule has 0 unspecified atom stereocenters. The third-order valence-electron chi connectivity index (χ3n) is 8.50. The van der Waals surface area contributed by atoms with Crippen molar-refractivity contribution >= 4 is 23.0 Å². The number of rotatable bonds is 9. The second-order valence-electron chi connectivity index (χ2n) is 11.4. The van der Waals surface area contributed by atoms with Gasteiger partial charge in [-0.1, -0.05) is 20.3 Å². The third-order valence-corrected chi connectivity index (χ3v) is 8.50. The average molecular weight is 523 g/mol. The first-order valence-corrected chi connectivity index (χ1v) is 14.0. The van der Waals surface area contributed by atoms with Gasteiger partial charge in [0.05, 0.1) is 13.8 Å². The van der Waals surface area contributed by atoms with Crippen molar-refractivity contribution < 1.29 is 13.9 Å². The molecule has 0 amide bonds. The molecule has 0 bridgehead atoms. The minimum absolute atomic E-state index is 0.00754. The smallest absolute Gasteiger partial charge is 0.376 e. The number of alkyl halides is 1. The van der Waals surface area contributed by atoms with Crippen LogP contribution in [0, 0.1) is 17.8 Å². The molecular weight excluding hydrogens is 483 g/mol. The number of hydrogen-bond acceptors (Lipinski definition) is 7. The standard InChI is InChI=1S/C29H39FN6O2/c1-17(2)22-12-13-31-23(14-22)28-35-26-24(36(28)16-20-10-8-19(15-30)9-11-20)25(32-18(3)21-6-5-7-21)33-27(34-26)29(37)38-4/h12-14,17-21H,5-11,15-16H2,1-4H3,(H,32,33,34)/t18-,19-,20-/m1/s1. The second-order valence-corrected chi connectivity index (χ2v) is 11.4. The summed E-state index contributed by atoms with van der Waals surface area (Å²) in [6, 6.07) is 4.31. The van der Waals surface area contributed by atoms with Crippen LogP contribution in [0.2, 0.25) is 0 Å². The van der Waals surface area contributed by atoms with Crippen LogP contribution in [0.15, 0.2) is 18.3 Å². The molecule has 0 spiro atoms. The molecule has 0 radical (unpaired) electrons. The second kappa shape index (κ2) is 11.3. The zero-order valence-electron chi connectivity index (χ0n) is 22.9. The van der Waals surface area contributed by atoms with Gasteiger partial charge < -0.3 is 14.6 Å². The lowest BCUT2D eigenvalue weighted by atomic mass is 9.80. The summed E-state index contributed by atoms with van der Waals surface area (Å²) < 4.78 is 20.4. The van der Waals surface area contributed by atoms with Crippen LogP contribution in [0.4, 0.5) is 10.2 Å². The van der Waals surface area contributed by atoms with E-state index in [1.807, 2.05) is 12.3 Å². The van der Waals surface area contributed by atoms with Crippen LogP contribution in [-0.2, 0) is 11.3 Å². The highest BCUT2D eigenvalue weighted by Crippen LogP contribution is 2.36. The normalized spacial score (nSPS) is 20.9. The molecule has 3 aromatic heterocycles. The van der Waals surface area contributed by atoms with E-state index in [0.717, 1.165) is 36.9 Å². The van der Waals surface area contributed by atoms with Gasteiger partial charge in [-0.3, -0.25) is 9.37 Å². The molecule has 9 heteroatoms. The van der Waals surface area contributed by atoms with Crippen molar-refractivity contribution in [1.29, 1.82) is 0 Å². The summed E-state index contributed by atoms with van der Waals surface area (Å²) in [4.78, 5) is 31.3. The number of nitrogens with one attached hydrogen (secondary N) is 1. The number of imidazole rings is 1. The van der Waals surface area contributed by atoms with E-state index >= 15 is 0 Å². The lowest BCUT2D eigenvalue weighted by Crippen LogP contribution is -2.31. The summed E-state index contributed by atoms with van der Waals surface area (Å²) in [5.41, 5.74) is 3.18. The SMILES string of the molecule is COC(=O)c1nc(N[C@H](C)C2CCC2)c2c(n1)nc(-c1cc(C(C)C)ccn1)n2C[C@H]1CC[C@H](CF)CC1. The van der Waals surface area contributed by atoms with Crippen LogP contribution in [0.3, 0.4) is 0 Å². The van der Waals surface area contributed by atoms with E-state index in [1.165, 1.54) is 31.9 Å². The number of aromatic nitrogens is 5. The van der Waals surface area contributed by atoms with Gasteiger partial charge in [-0.05, 0) is 86.8 Å². The number of esters is 1. The molecule has 38 heavy (non-hydrogen) atoms. The number of halogens is 1. The topological polar surface area (TPSA) is 94.8 Å². The fourth-order valence-corrected chi connectivity index (χ4v) is 5.72. The summed E-state index contributed by atoms with van der Waals surface area (Å²) in [5, 5.41) is 3.60. The average Bonchev–Trinajstić information content (AvgIpc) is 3.26. The van der Waals surface area contributed by atoms with Crippen LogP contribution < -0.4 is 5.32 Å². The predicted octanol–water partition coefficient (Wildman–Crippen LogP) is 6.17. The van der Waals surface area contributed by atoms with Crippen LogP contribution in [0.1, 0.15) is 87.8 Å². The molecule has 0 saturated heterocycles. The maximum absolute atomic E-state index is 13.3. The van der Waals surface area contributed by atoms with Crippen molar-refractivity contribution in [2.24, 2.45) is 17.8 Å². The molecule has 2 fully saturated rings. The zero-order chi connectivity index (χ0) is 26.8. The Labute approximate surface area is 223 Å². The Bertz CT molecular complexity index is 1280. The Morgan fingerprint density at radius 3 is 2.47 bits per heavy atom. The molecule has 1 atom stereocenters. The molecule has 2 saturated carbocycles. The number of hydrogen-bond donors (Lipinski definition) is 1.